The zero-order chi connectivity index (χ0) is 15.7. The summed E-state index contributed by atoms with van der Waals surface area (Å²) in [6.07, 6.45) is 3.06. The molecule has 1 aromatic carbocycles. The molecule has 0 radical (unpaired) electrons. The number of hydrogen-bond donors (Lipinski definition) is 1. The van der Waals surface area contributed by atoms with Gasteiger partial charge in [0.1, 0.15) is 12.0 Å². The van der Waals surface area contributed by atoms with Crippen molar-refractivity contribution in [1.82, 2.24) is 19.7 Å². The number of pyridine rings is 1. The lowest BCUT2D eigenvalue weighted by atomic mass is 9.99. The van der Waals surface area contributed by atoms with E-state index in [9.17, 15) is 4.79 Å². The van der Waals surface area contributed by atoms with Gasteiger partial charge >= 0.3 is 5.97 Å². The third-order valence-electron chi connectivity index (χ3n) is 3.22. The van der Waals surface area contributed by atoms with Crippen LogP contribution in [0.5, 0.6) is 0 Å². The van der Waals surface area contributed by atoms with Gasteiger partial charge in [-0.15, -0.1) is 10.2 Å². The van der Waals surface area contributed by atoms with Crippen molar-refractivity contribution < 1.29 is 9.90 Å². The second-order valence-corrected chi connectivity index (χ2v) is 5.13. The first kappa shape index (κ1) is 14.2. The van der Waals surface area contributed by atoms with Crippen LogP contribution in [0.4, 0.5) is 0 Å². The number of rotatable bonds is 3. The quantitative estimate of drug-likeness (QED) is 0.804. The second kappa shape index (κ2) is 5.57. The highest BCUT2D eigenvalue weighted by molar-refractivity contribution is 6.31. The Balaban J connectivity index is 2.22. The molecule has 3 rings (SSSR count). The minimum atomic E-state index is -1.07. The number of aryl methyl sites for hydroxylation is 1. The molecule has 0 unspecified atom stereocenters. The van der Waals surface area contributed by atoms with E-state index in [4.69, 9.17) is 16.7 Å². The number of nitrogens with zero attached hydrogens (tertiary/aromatic N) is 4. The number of aromatic nitrogens is 4. The average molecular weight is 315 g/mol. The Bertz CT molecular complexity index is 860. The van der Waals surface area contributed by atoms with E-state index in [2.05, 4.69) is 15.2 Å². The summed E-state index contributed by atoms with van der Waals surface area (Å²) in [5, 5.41) is 17.6. The van der Waals surface area contributed by atoms with E-state index in [-0.39, 0.29) is 5.69 Å². The van der Waals surface area contributed by atoms with Crippen molar-refractivity contribution in [3.63, 3.8) is 0 Å². The molecule has 0 aliphatic carbocycles. The Morgan fingerprint density at radius 3 is 2.73 bits per heavy atom. The van der Waals surface area contributed by atoms with Gasteiger partial charge in [-0.25, -0.2) is 9.78 Å². The molecule has 0 saturated carbocycles. The number of carboxylic acids is 1. The predicted molar refractivity (Wildman–Crippen MR) is 81.6 cm³/mol. The van der Waals surface area contributed by atoms with Gasteiger partial charge < -0.3 is 9.67 Å². The molecule has 0 atom stereocenters. The number of aromatic carboxylic acids is 1. The molecule has 1 N–H and O–H groups in total. The molecule has 0 fully saturated rings. The Labute approximate surface area is 131 Å². The zero-order valence-corrected chi connectivity index (χ0v) is 12.3. The average Bonchev–Trinajstić information content (AvgIpc) is 2.93. The minimum absolute atomic E-state index is 0.0173. The van der Waals surface area contributed by atoms with Crippen molar-refractivity contribution in [3.8, 4) is 22.5 Å². The van der Waals surface area contributed by atoms with Crippen molar-refractivity contribution in [1.29, 1.82) is 0 Å². The molecular weight excluding hydrogens is 304 g/mol. The molecule has 6 nitrogen and oxygen atoms in total. The number of carboxylic acid groups (broad SMARTS) is 1. The van der Waals surface area contributed by atoms with Crippen LogP contribution >= 0.6 is 11.6 Å². The first-order valence-electron chi connectivity index (χ1n) is 6.40. The van der Waals surface area contributed by atoms with Crippen molar-refractivity contribution >= 4 is 17.6 Å². The van der Waals surface area contributed by atoms with Crippen LogP contribution in [0.2, 0.25) is 5.02 Å². The summed E-state index contributed by atoms with van der Waals surface area (Å²) >= 11 is 6.09. The van der Waals surface area contributed by atoms with Gasteiger partial charge in [0.2, 0.25) is 0 Å². The summed E-state index contributed by atoms with van der Waals surface area (Å²) in [4.78, 5) is 14.9. The van der Waals surface area contributed by atoms with E-state index in [0.717, 1.165) is 16.7 Å². The van der Waals surface area contributed by atoms with Crippen LogP contribution in [0.25, 0.3) is 22.5 Å². The molecule has 0 aliphatic rings. The Kier molecular flexibility index (Phi) is 3.60. The van der Waals surface area contributed by atoms with E-state index in [1.807, 2.05) is 13.1 Å². The van der Waals surface area contributed by atoms with Crippen LogP contribution in [0.3, 0.4) is 0 Å². The lowest BCUT2D eigenvalue weighted by Gasteiger charge is -2.10. The fourth-order valence-electron chi connectivity index (χ4n) is 2.20. The third-order valence-corrected chi connectivity index (χ3v) is 3.46. The second-order valence-electron chi connectivity index (χ2n) is 4.69. The summed E-state index contributed by atoms with van der Waals surface area (Å²) in [6, 6.07) is 8.62. The molecular formula is C15H11ClN4O2. The van der Waals surface area contributed by atoms with Gasteiger partial charge in [0.15, 0.2) is 5.82 Å². The fourth-order valence-corrected chi connectivity index (χ4v) is 2.37. The highest BCUT2D eigenvalue weighted by Crippen LogP contribution is 2.33. The summed E-state index contributed by atoms with van der Waals surface area (Å²) < 4.78 is 1.77. The number of benzene rings is 1. The van der Waals surface area contributed by atoms with Crippen molar-refractivity contribution in [2.24, 2.45) is 7.05 Å². The van der Waals surface area contributed by atoms with Gasteiger partial charge in [0.05, 0.1) is 0 Å². The van der Waals surface area contributed by atoms with E-state index in [0.29, 0.717) is 10.8 Å². The molecule has 2 heterocycles. The summed E-state index contributed by atoms with van der Waals surface area (Å²) in [5.41, 5.74) is 2.29. The molecule has 22 heavy (non-hydrogen) atoms. The van der Waals surface area contributed by atoms with Gasteiger partial charge in [-0.05, 0) is 35.4 Å². The summed E-state index contributed by atoms with van der Waals surface area (Å²) in [6.45, 7) is 0. The maximum Gasteiger partial charge on any atom is 0.354 e. The predicted octanol–water partition coefficient (Wildman–Crippen LogP) is 2.90. The molecule has 7 heteroatoms. The van der Waals surface area contributed by atoms with Gasteiger partial charge in [0, 0.05) is 23.8 Å². The number of carbonyl (C=O) groups is 1. The number of hydrogen-bond acceptors (Lipinski definition) is 4. The first-order chi connectivity index (χ1) is 10.6. The lowest BCUT2D eigenvalue weighted by Crippen LogP contribution is -2.00. The smallest absolute Gasteiger partial charge is 0.354 e. The first-order valence-corrected chi connectivity index (χ1v) is 6.77. The largest absolute Gasteiger partial charge is 0.477 e. The van der Waals surface area contributed by atoms with Crippen molar-refractivity contribution in [2.45, 2.75) is 0 Å². The Hall–Kier alpha value is -2.73. The van der Waals surface area contributed by atoms with Gasteiger partial charge in [-0.2, -0.15) is 0 Å². The highest BCUT2D eigenvalue weighted by Gasteiger charge is 2.14. The van der Waals surface area contributed by atoms with Gasteiger partial charge in [0.25, 0.3) is 0 Å². The van der Waals surface area contributed by atoms with E-state index >= 15 is 0 Å². The molecule has 0 amide bonds. The highest BCUT2D eigenvalue weighted by atomic mass is 35.5. The maximum absolute atomic E-state index is 11.1. The topological polar surface area (TPSA) is 80.9 Å². The fraction of sp³-hybridized carbons (Fsp3) is 0.0667. The molecule has 0 bridgehead atoms. The lowest BCUT2D eigenvalue weighted by molar-refractivity contribution is 0.0690. The van der Waals surface area contributed by atoms with Crippen LogP contribution in [0, 0.1) is 0 Å². The Morgan fingerprint density at radius 2 is 2.05 bits per heavy atom. The molecule has 0 spiro atoms. The van der Waals surface area contributed by atoms with Crippen molar-refractivity contribution in [2.75, 3.05) is 0 Å². The summed E-state index contributed by atoms with van der Waals surface area (Å²) in [7, 11) is 1.83. The molecule has 2 aromatic heterocycles. The SMILES string of the molecule is Cn1cnnc1-c1cc(Cl)ccc1-c1ccnc(C(=O)O)c1. The van der Waals surface area contributed by atoms with Crippen LogP contribution in [0.15, 0.2) is 42.9 Å². The minimum Gasteiger partial charge on any atom is -0.477 e. The Morgan fingerprint density at radius 1 is 1.23 bits per heavy atom. The number of halogens is 1. The van der Waals surface area contributed by atoms with E-state index < -0.39 is 5.97 Å². The van der Waals surface area contributed by atoms with E-state index in [1.165, 1.54) is 12.3 Å². The summed E-state index contributed by atoms with van der Waals surface area (Å²) in [5.74, 6) is -0.429. The van der Waals surface area contributed by atoms with Crippen molar-refractivity contribution in [3.05, 3.63) is 53.6 Å². The molecule has 110 valence electrons. The molecule has 0 aliphatic heterocycles. The maximum atomic E-state index is 11.1. The zero-order valence-electron chi connectivity index (χ0n) is 11.6. The monoisotopic (exact) mass is 314 g/mol. The standard InChI is InChI=1S/C15H11ClN4O2/c1-20-8-18-19-14(20)12-7-10(16)2-3-11(12)9-4-5-17-13(6-9)15(21)22/h2-8H,1H3,(H,21,22). The van der Waals surface area contributed by atoms with Crippen LogP contribution in [-0.2, 0) is 7.05 Å². The van der Waals surface area contributed by atoms with Crippen LogP contribution in [-0.4, -0.2) is 30.8 Å². The van der Waals surface area contributed by atoms with Crippen LogP contribution in [0.1, 0.15) is 10.5 Å². The van der Waals surface area contributed by atoms with Crippen LogP contribution < -0.4 is 0 Å². The normalized spacial score (nSPS) is 10.6. The van der Waals surface area contributed by atoms with Gasteiger partial charge in [-0.1, -0.05) is 17.7 Å². The van der Waals surface area contributed by atoms with E-state index in [1.54, 1.807) is 29.1 Å². The molecule has 0 saturated heterocycles. The third kappa shape index (κ3) is 2.56. The molecule has 3 aromatic rings. The van der Waals surface area contributed by atoms with Gasteiger partial charge in [-0.3, -0.25) is 0 Å².